The Hall–Kier alpha value is -4.10. The fourth-order valence-electron chi connectivity index (χ4n) is 11.9. The van der Waals surface area contributed by atoms with Gasteiger partial charge in [-0.25, -0.2) is 0 Å². The largest absolute Gasteiger partial charge is 0.310 e. The molecule has 5 saturated carbocycles. The first-order valence-corrected chi connectivity index (χ1v) is 21.9. The van der Waals surface area contributed by atoms with E-state index in [1.54, 1.807) is 5.56 Å². The maximum atomic E-state index is 2.60. The third-order valence-corrected chi connectivity index (χ3v) is 15.1. The Bertz CT molecular complexity index is 2080. The summed E-state index contributed by atoms with van der Waals surface area (Å²) in [4.78, 5) is 2.60. The number of fused-ring (bicyclic) bond motifs is 6. The van der Waals surface area contributed by atoms with Gasteiger partial charge in [0.05, 0.1) is 5.69 Å². The van der Waals surface area contributed by atoms with E-state index in [0.717, 1.165) is 17.8 Å². The molecule has 5 aromatic carbocycles. The molecule has 0 heterocycles. The first kappa shape index (κ1) is 34.4. The zero-order chi connectivity index (χ0) is 36.2. The van der Waals surface area contributed by atoms with Gasteiger partial charge in [-0.3, -0.25) is 0 Å². The number of hydrogen-bond donors (Lipinski definition) is 0. The molecule has 5 fully saturated rings. The Morgan fingerprint density at radius 2 is 1.04 bits per heavy atom. The van der Waals surface area contributed by atoms with Crippen LogP contribution in [0, 0.1) is 11.8 Å². The summed E-state index contributed by atoms with van der Waals surface area (Å²) in [7, 11) is 0. The highest BCUT2D eigenvalue weighted by Gasteiger charge is 2.38. The monoisotopic (exact) mass is 709 g/mol. The van der Waals surface area contributed by atoms with Crippen molar-refractivity contribution in [2.24, 2.45) is 11.8 Å². The van der Waals surface area contributed by atoms with Crippen molar-refractivity contribution in [1.29, 1.82) is 0 Å². The van der Waals surface area contributed by atoms with Gasteiger partial charge >= 0.3 is 0 Å². The van der Waals surface area contributed by atoms with Gasteiger partial charge in [0.1, 0.15) is 0 Å². The normalized spacial score (nSPS) is 23.6. The average molecular weight is 710 g/mol. The van der Waals surface area contributed by atoms with Crippen LogP contribution >= 0.6 is 0 Å². The molecule has 1 nitrogen and oxygen atoms in total. The van der Waals surface area contributed by atoms with Gasteiger partial charge < -0.3 is 4.90 Å². The third kappa shape index (κ3) is 6.15. The minimum Gasteiger partial charge on any atom is -0.310 e. The quantitative estimate of drug-likeness (QED) is 0.163. The molecule has 5 aromatic rings. The Morgan fingerprint density at radius 3 is 1.61 bits per heavy atom. The number of benzene rings is 5. The summed E-state index contributed by atoms with van der Waals surface area (Å²) < 4.78 is 0. The maximum absolute atomic E-state index is 2.60. The van der Waals surface area contributed by atoms with Crippen molar-refractivity contribution < 1.29 is 0 Å². The molecule has 6 aliphatic rings. The fourth-order valence-corrected chi connectivity index (χ4v) is 11.9. The van der Waals surface area contributed by atoms with Crippen LogP contribution in [0.5, 0.6) is 0 Å². The Balaban J connectivity index is 1.12. The lowest BCUT2D eigenvalue weighted by atomic mass is 9.63. The molecule has 0 amide bonds. The molecule has 2 bridgehead atoms. The van der Waals surface area contributed by atoms with Gasteiger partial charge in [0.15, 0.2) is 0 Å². The highest BCUT2D eigenvalue weighted by molar-refractivity contribution is 5.94. The topological polar surface area (TPSA) is 3.24 Å². The molecular formula is C53H59N. The summed E-state index contributed by atoms with van der Waals surface area (Å²) in [5.41, 5.74) is 16.6. The predicted octanol–water partition coefficient (Wildman–Crippen LogP) is 15.5. The molecule has 11 rings (SSSR count). The summed E-state index contributed by atoms with van der Waals surface area (Å²) in [5, 5.41) is 0. The van der Waals surface area contributed by atoms with E-state index in [1.165, 1.54) is 158 Å². The molecular weight excluding hydrogens is 651 g/mol. The van der Waals surface area contributed by atoms with E-state index in [2.05, 4.69) is 128 Å². The Labute approximate surface area is 325 Å². The van der Waals surface area contributed by atoms with Gasteiger partial charge in [0.2, 0.25) is 0 Å². The lowest BCUT2D eigenvalue weighted by Gasteiger charge is -2.42. The SMILES string of the molecule is CC1(C)c2ccccc2-c2cc(-c3ccc(C4CCCCC4)cc3)c(N(c3ccc(C4CCCCC4)cc3)c3ccc(C4CC5CCC4CC5)cc3)cc21. The smallest absolute Gasteiger partial charge is 0.0543 e. The molecule has 1 atom stereocenters. The van der Waals surface area contributed by atoms with Gasteiger partial charge in [0.25, 0.3) is 0 Å². The summed E-state index contributed by atoms with van der Waals surface area (Å²) >= 11 is 0. The van der Waals surface area contributed by atoms with E-state index in [9.17, 15) is 0 Å². The highest BCUT2D eigenvalue weighted by atomic mass is 15.1. The van der Waals surface area contributed by atoms with Crippen molar-refractivity contribution in [2.75, 3.05) is 4.90 Å². The van der Waals surface area contributed by atoms with Crippen LogP contribution in [-0.2, 0) is 5.41 Å². The Kier molecular flexibility index (Phi) is 9.04. The van der Waals surface area contributed by atoms with E-state index in [0.29, 0.717) is 11.8 Å². The first-order chi connectivity index (χ1) is 26.5. The second kappa shape index (κ2) is 14.2. The zero-order valence-corrected chi connectivity index (χ0v) is 32.8. The first-order valence-electron chi connectivity index (χ1n) is 21.9. The molecule has 1 unspecified atom stereocenters. The van der Waals surface area contributed by atoms with Crippen LogP contribution < -0.4 is 4.90 Å². The van der Waals surface area contributed by atoms with Crippen molar-refractivity contribution >= 4 is 17.1 Å². The van der Waals surface area contributed by atoms with Gasteiger partial charge in [-0.15, -0.1) is 0 Å². The van der Waals surface area contributed by atoms with Gasteiger partial charge in [-0.05, 0) is 155 Å². The van der Waals surface area contributed by atoms with Crippen LogP contribution in [0.3, 0.4) is 0 Å². The zero-order valence-electron chi connectivity index (χ0n) is 32.8. The van der Waals surface area contributed by atoms with E-state index in [-0.39, 0.29) is 5.41 Å². The molecule has 0 saturated heterocycles. The third-order valence-electron chi connectivity index (χ3n) is 15.1. The van der Waals surface area contributed by atoms with E-state index in [4.69, 9.17) is 0 Å². The van der Waals surface area contributed by atoms with Crippen LogP contribution in [0.25, 0.3) is 22.3 Å². The molecule has 276 valence electrons. The number of nitrogens with zero attached hydrogens (tertiary/aromatic N) is 1. The summed E-state index contributed by atoms with van der Waals surface area (Å²) in [6, 6.07) is 43.7. The molecule has 0 aromatic heterocycles. The lowest BCUT2D eigenvalue weighted by Crippen LogP contribution is -2.29. The van der Waals surface area contributed by atoms with E-state index >= 15 is 0 Å². The van der Waals surface area contributed by atoms with Gasteiger partial charge in [-0.1, -0.05) is 138 Å². The highest BCUT2D eigenvalue weighted by Crippen LogP contribution is 2.54. The molecule has 6 aliphatic carbocycles. The standard InChI is InChI=1S/C53H59N/c1-53(2)50-16-10-9-15-46(50)49-34-48(43-23-21-39(22-24-43)37-11-5-3-6-12-37)52(35-51(49)53)54(44-29-25-40(26-30-44)38-13-7-4-8-14-38)45-31-27-42(28-32-45)47-33-36-17-19-41(47)20-18-36/h9-10,15-16,21-32,34-38,41,47H,3-8,11-14,17-20,33H2,1-2H3. The molecule has 0 radical (unpaired) electrons. The van der Waals surface area contributed by atoms with Crippen molar-refractivity contribution in [2.45, 2.75) is 133 Å². The lowest BCUT2D eigenvalue weighted by molar-refractivity contribution is 0.145. The number of anilines is 3. The summed E-state index contributed by atoms with van der Waals surface area (Å²) in [5.74, 6) is 3.94. The summed E-state index contributed by atoms with van der Waals surface area (Å²) in [6.45, 7) is 4.85. The molecule has 54 heavy (non-hydrogen) atoms. The van der Waals surface area contributed by atoms with Crippen molar-refractivity contribution in [3.63, 3.8) is 0 Å². The Morgan fingerprint density at radius 1 is 0.481 bits per heavy atom. The van der Waals surface area contributed by atoms with Crippen LogP contribution in [0.1, 0.15) is 156 Å². The predicted molar refractivity (Wildman–Crippen MR) is 229 cm³/mol. The van der Waals surface area contributed by atoms with Crippen molar-refractivity contribution in [1.82, 2.24) is 0 Å². The van der Waals surface area contributed by atoms with Crippen molar-refractivity contribution in [3.8, 4) is 22.3 Å². The molecule has 0 aliphatic heterocycles. The van der Waals surface area contributed by atoms with Crippen LogP contribution in [-0.4, -0.2) is 0 Å². The van der Waals surface area contributed by atoms with E-state index < -0.39 is 0 Å². The minimum absolute atomic E-state index is 0.0787. The summed E-state index contributed by atoms with van der Waals surface area (Å²) in [6.07, 6.45) is 20.7. The maximum Gasteiger partial charge on any atom is 0.0543 e. The van der Waals surface area contributed by atoms with Crippen molar-refractivity contribution in [3.05, 3.63) is 137 Å². The van der Waals surface area contributed by atoms with Gasteiger partial charge in [-0.2, -0.15) is 0 Å². The molecule has 1 heteroatoms. The minimum atomic E-state index is -0.0787. The number of rotatable bonds is 7. The number of hydrogen-bond acceptors (Lipinski definition) is 1. The van der Waals surface area contributed by atoms with Crippen LogP contribution in [0.15, 0.2) is 109 Å². The van der Waals surface area contributed by atoms with Crippen LogP contribution in [0.4, 0.5) is 17.1 Å². The van der Waals surface area contributed by atoms with Crippen LogP contribution in [0.2, 0.25) is 0 Å². The second-order valence-corrected chi connectivity index (χ2v) is 18.5. The molecule has 0 spiro atoms. The fraction of sp³-hybridized carbons (Fsp3) is 0.434. The van der Waals surface area contributed by atoms with Gasteiger partial charge in [0, 0.05) is 22.4 Å². The average Bonchev–Trinajstić information content (AvgIpc) is 3.47. The second-order valence-electron chi connectivity index (χ2n) is 18.5. The molecule has 0 N–H and O–H groups in total. The van der Waals surface area contributed by atoms with E-state index in [1.807, 2.05) is 0 Å².